The Balaban J connectivity index is 2.37. The quantitative estimate of drug-likeness (QED) is 0.487. The molecule has 2 N–H and O–H groups in total. The number of para-hydroxylation sites is 1. The molecule has 0 saturated carbocycles. The number of rotatable bonds is 4. The minimum Gasteiger partial charge on any atom is -0.483 e. The zero-order chi connectivity index (χ0) is 32.3. The van der Waals surface area contributed by atoms with E-state index in [9.17, 15) is 34.7 Å². The predicted molar refractivity (Wildman–Crippen MR) is 149 cm³/mol. The molecule has 1 aromatic rings. The van der Waals surface area contributed by atoms with Crippen LogP contribution in [0, 0.1) is 16.7 Å². The Labute approximate surface area is 247 Å². The largest absolute Gasteiger partial charge is 0.483 e. The van der Waals surface area contributed by atoms with Crippen LogP contribution in [0.4, 0.5) is 0 Å². The predicted octanol–water partition coefficient (Wildman–Crippen LogP) is 2.74. The zero-order valence-corrected chi connectivity index (χ0v) is 24.9. The summed E-state index contributed by atoms with van der Waals surface area (Å²) in [5.41, 5.74) is -10.1. The summed E-state index contributed by atoms with van der Waals surface area (Å²) in [6.07, 6.45) is -1.80. The molecule has 0 amide bonds. The minimum absolute atomic E-state index is 0.0106. The van der Waals surface area contributed by atoms with Crippen molar-refractivity contribution in [2.24, 2.45) is 15.4 Å². The molecule has 0 bridgehead atoms. The molecule has 2 aliphatic heterocycles. The fraction of sp³-hybridized carbons (Fsp3) is 0.433. The highest BCUT2D eigenvalue weighted by atomic mass is 16.6. The van der Waals surface area contributed by atoms with E-state index in [2.05, 4.69) is 16.1 Å². The van der Waals surface area contributed by atoms with Crippen LogP contribution < -0.4 is 4.74 Å². The first-order valence-electron chi connectivity index (χ1n) is 13.1. The van der Waals surface area contributed by atoms with Gasteiger partial charge in [0, 0.05) is 5.56 Å². The van der Waals surface area contributed by atoms with Gasteiger partial charge in [-0.15, -0.1) is 0 Å². The molecule has 1 spiro atoms. The Morgan fingerprint density at radius 3 is 1.95 bits per heavy atom. The Morgan fingerprint density at radius 2 is 1.47 bits per heavy atom. The first kappa shape index (κ1) is 31.0. The summed E-state index contributed by atoms with van der Waals surface area (Å²) in [7, 11) is 2.04. The number of carbonyl (C=O) groups is 4. The van der Waals surface area contributed by atoms with Gasteiger partial charge >= 0.3 is 23.9 Å². The van der Waals surface area contributed by atoms with Gasteiger partial charge < -0.3 is 29.2 Å². The molecule has 0 saturated heterocycles. The van der Waals surface area contributed by atoms with Crippen molar-refractivity contribution >= 4 is 35.5 Å². The lowest BCUT2D eigenvalue weighted by atomic mass is 9.59. The summed E-state index contributed by atoms with van der Waals surface area (Å²) in [5.74, 6) is -6.13. The van der Waals surface area contributed by atoms with E-state index in [0.29, 0.717) is 0 Å². The van der Waals surface area contributed by atoms with E-state index in [0.717, 1.165) is 14.2 Å². The third-order valence-electron chi connectivity index (χ3n) is 6.95. The van der Waals surface area contributed by atoms with Crippen molar-refractivity contribution in [2.45, 2.75) is 64.3 Å². The maximum absolute atomic E-state index is 13.8. The fourth-order valence-corrected chi connectivity index (χ4v) is 5.63. The number of ether oxygens (including phenoxy) is 4. The van der Waals surface area contributed by atoms with Crippen LogP contribution in [0.1, 0.15) is 47.1 Å². The standard InChI is InChI=1S/C30H31N3O10/c1-27(2,3)32-20-16(23(34)35)17(25(38)40-7)21-29(20,13-31)30(14-11-9-10-12-15(14)42-21)19(26(39)41-8)18(24(36)37)22(43-30)33-28(4,5)6/h9-12,21H,1-8H3,(H,34,35)(H,36,37)/t21-,29+,30-/m0/s1. The Kier molecular flexibility index (Phi) is 7.25. The van der Waals surface area contributed by atoms with Crippen molar-refractivity contribution in [3.05, 3.63) is 52.1 Å². The van der Waals surface area contributed by atoms with Gasteiger partial charge in [-0.05, 0) is 47.6 Å². The molecule has 4 rings (SSSR count). The van der Waals surface area contributed by atoms with Crippen molar-refractivity contribution in [1.82, 2.24) is 0 Å². The maximum atomic E-state index is 13.8. The lowest BCUT2D eigenvalue weighted by molar-refractivity contribution is -0.142. The molecule has 1 aromatic carbocycles. The van der Waals surface area contributed by atoms with Gasteiger partial charge in [0.2, 0.25) is 11.5 Å². The molecule has 13 heteroatoms. The summed E-state index contributed by atoms with van der Waals surface area (Å²) < 4.78 is 22.7. The summed E-state index contributed by atoms with van der Waals surface area (Å²) in [6.45, 7) is 9.86. The maximum Gasteiger partial charge on any atom is 0.341 e. The van der Waals surface area contributed by atoms with Crippen LogP contribution in [0.15, 0.2) is 56.5 Å². The molecule has 0 unspecified atom stereocenters. The number of carboxylic acid groups (broad SMARTS) is 2. The highest BCUT2D eigenvalue weighted by molar-refractivity contribution is 6.32. The third-order valence-corrected chi connectivity index (χ3v) is 6.95. The van der Waals surface area contributed by atoms with Crippen LogP contribution >= 0.6 is 0 Å². The van der Waals surface area contributed by atoms with E-state index >= 15 is 0 Å². The summed E-state index contributed by atoms with van der Waals surface area (Å²) >= 11 is 0. The van der Waals surface area contributed by atoms with Gasteiger partial charge in [0.15, 0.2) is 11.5 Å². The van der Waals surface area contributed by atoms with E-state index in [1.165, 1.54) is 18.2 Å². The minimum atomic E-state index is -2.49. The molecule has 0 fully saturated rings. The molecule has 3 aliphatic rings. The number of fused-ring (bicyclic) bond motifs is 4. The van der Waals surface area contributed by atoms with Gasteiger partial charge in [-0.2, -0.15) is 5.26 Å². The number of esters is 2. The Morgan fingerprint density at radius 1 is 0.907 bits per heavy atom. The van der Waals surface area contributed by atoms with E-state index in [1.807, 2.05) is 0 Å². The molecule has 13 nitrogen and oxygen atoms in total. The lowest BCUT2D eigenvalue weighted by Crippen LogP contribution is -2.62. The van der Waals surface area contributed by atoms with Crippen LogP contribution in [-0.2, 0) is 39.0 Å². The molecule has 226 valence electrons. The second kappa shape index (κ2) is 10.1. The second-order valence-electron chi connectivity index (χ2n) is 12.0. The van der Waals surface area contributed by atoms with Crippen LogP contribution in [-0.4, -0.2) is 77.1 Å². The second-order valence-corrected chi connectivity index (χ2v) is 12.0. The van der Waals surface area contributed by atoms with Gasteiger partial charge in [-0.25, -0.2) is 24.2 Å². The van der Waals surface area contributed by atoms with Gasteiger partial charge in [-0.3, -0.25) is 4.99 Å². The number of benzene rings is 1. The van der Waals surface area contributed by atoms with Crippen molar-refractivity contribution in [3.8, 4) is 11.8 Å². The average Bonchev–Trinajstić information content (AvgIpc) is 3.37. The SMILES string of the molecule is COC(=O)C1=C(C(=O)O)C(=NC(C)(C)C)[C@]2(C#N)[C@H]1Oc1ccccc1[C@@]21OC(=NC(C)(C)C)C(C(=O)O)=C1C(=O)OC. The molecule has 1 aliphatic carbocycles. The lowest BCUT2D eigenvalue weighted by Gasteiger charge is -2.49. The van der Waals surface area contributed by atoms with Crippen LogP contribution in [0.5, 0.6) is 5.75 Å². The number of methoxy groups -OCH3 is 2. The topological polar surface area (TPSA) is 194 Å². The molecule has 0 aromatic heterocycles. The first-order valence-corrected chi connectivity index (χ1v) is 13.1. The molecular formula is C30H31N3O10. The van der Waals surface area contributed by atoms with E-state index in [1.54, 1.807) is 47.6 Å². The van der Waals surface area contributed by atoms with Gasteiger partial charge in [0.1, 0.15) is 16.9 Å². The molecule has 0 radical (unpaired) electrons. The summed E-state index contributed by atoms with van der Waals surface area (Å²) in [4.78, 5) is 62.0. The number of carboxylic acids is 2. The van der Waals surface area contributed by atoms with Crippen LogP contribution in [0.25, 0.3) is 0 Å². The molecule has 43 heavy (non-hydrogen) atoms. The number of hydrogen-bond donors (Lipinski definition) is 2. The normalized spacial score (nSPS) is 26.4. The van der Waals surface area contributed by atoms with Crippen molar-refractivity contribution in [3.63, 3.8) is 0 Å². The number of nitrogens with zero attached hydrogens (tertiary/aromatic N) is 3. The monoisotopic (exact) mass is 593 g/mol. The summed E-state index contributed by atoms with van der Waals surface area (Å²) in [5, 5.41) is 32.2. The van der Waals surface area contributed by atoms with Gasteiger partial charge in [-0.1, -0.05) is 18.2 Å². The van der Waals surface area contributed by atoms with Crippen molar-refractivity contribution < 1.29 is 48.3 Å². The van der Waals surface area contributed by atoms with Gasteiger partial charge in [0.25, 0.3) is 0 Å². The molecular weight excluding hydrogens is 562 g/mol. The molecule has 3 atom stereocenters. The first-order chi connectivity index (χ1) is 19.9. The zero-order valence-electron chi connectivity index (χ0n) is 24.9. The van der Waals surface area contributed by atoms with Crippen LogP contribution in [0.3, 0.4) is 0 Å². The van der Waals surface area contributed by atoms with Crippen LogP contribution in [0.2, 0.25) is 0 Å². The fourth-order valence-electron chi connectivity index (χ4n) is 5.63. The highest BCUT2D eigenvalue weighted by Crippen LogP contribution is 2.65. The van der Waals surface area contributed by atoms with Crippen molar-refractivity contribution in [1.29, 1.82) is 5.26 Å². The average molecular weight is 594 g/mol. The highest BCUT2D eigenvalue weighted by Gasteiger charge is 2.78. The molecule has 2 heterocycles. The van der Waals surface area contributed by atoms with E-state index in [4.69, 9.17) is 18.9 Å². The van der Waals surface area contributed by atoms with E-state index < -0.39 is 86.0 Å². The third kappa shape index (κ3) is 4.45. The number of aliphatic imine (C=N–C) groups is 2. The van der Waals surface area contributed by atoms with Gasteiger partial charge in [0.05, 0.1) is 48.2 Å². The van der Waals surface area contributed by atoms with Crippen molar-refractivity contribution in [2.75, 3.05) is 14.2 Å². The Bertz CT molecular complexity index is 1630. The van der Waals surface area contributed by atoms with E-state index in [-0.39, 0.29) is 11.3 Å². The smallest absolute Gasteiger partial charge is 0.341 e. The number of carbonyl (C=O) groups excluding carboxylic acids is 2. The number of nitriles is 1. The number of aliphatic carboxylic acids is 2. The Hall–Kier alpha value is -4.99. The summed E-state index contributed by atoms with van der Waals surface area (Å²) in [6, 6.07) is 8.08. The number of hydrogen-bond acceptors (Lipinski definition) is 11.